The summed E-state index contributed by atoms with van der Waals surface area (Å²) in [4.78, 5) is 14.5. The molecule has 0 bridgehead atoms. The molecule has 1 saturated heterocycles. The maximum absolute atomic E-state index is 13.4. The molecule has 1 aromatic heterocycles. The zero-order valence-electron chi connectivity index (χ0n) is 19.0. The monoisotopic (exact) mass is 468 g/mol. The lowest BCUT2D eigenvalue weighted by atomic mass is 10.1. The molecular formula is C25H29FN4O2S. The average molecular weight is 469 g/mol. The Labute approximate surface area is 198 Å². The lowest BCUT2D eigenvalue weighted by Crippen LogP contribution is -2.28. The summed E-state index contributed by atoms with van der Waals surface area (Å²) in [6, 6.07) is 14.6. The number of hydrogen-bond acceptors (Lipinski definition) is 5. The first-order chi connectivity index (χ1) is 16.0. The summed E-state index contributed by atoms with van der Waals surface area (Å²) in [6.07, 6.45) is 3.09. The number of halogens is 1. The SMILES string of the molecule is CCc1ccc(CN(C)C(=O)CSc2nnc(-c3ccc(F)cc3)n2C[C@H]2CCCO2)cc1. The fraction of sp³-hybridized carbons (Fsp3) is 0.400. The number of rotatable bonds is 9. The molecule has 1 fully saturated rings. The number of nitrogens with zero attached hydrogens (tertiary/aromatic N) is 4. The van der Waals surface area contributed by atoms with Gasteiger partial charge >= 0.3 is 0 Å². The van der Waals surface area contributed by atoms with Gasteiger partial charge in [0.15, 0.2) is 11.0 Å². The topological polar surface area (TPSA) is 60.2 Å². The maximum atomic E-state index is 13.4. The van der Waals surface area contributed by atoms with Crippen molar-refractivity contribution < 1.29 is 13.9 Å². The molecule has 1 atom stereocenters. The van der Waals surface area contributed by atoms with Crippen molar-refractivity contribution in [2.24, 2.45) is 0 Å². The molecule has 2 aromatic carbocycles. The quantitative estimate of drug-likeness (QED) is 0.431. The van der Waals surface area contributed by atoms with Gasteiger partial charge in [-0.25, -0.2) is 4.39 Å². The Kier molecular flexibility index (Phi) is 7.77. The molecule has 33 heavy (non-hydrogen) atoms. The molecule has 0 spiro atoms. The van der Waals surface area contributed by atoms with Crippen molar-refractivity contribution in [2.45, 2.75) is 50.5 Å². The number of aromatic nitrogens is 3. The molecular weight excluding hydrogens is 439 g/mol. The normalized spacial score (nSPS) is 15.7. The number of aryl methyl sites for hydroxylation is 1. The number of ether oxygens (including phenoxy) is 1. The third-order valence-corrected chi connectivity index (χ3v) is 6.78. The van der Waals surface area contributed by atoms with E-state index < -0.39 is 0 Å². The molecule has 0 unspecified atom stereocenters. The van der Waals surface area contributed by atoms with Gasteiger partial charge in [0.2, 0.25) is 5.91 Å². The van der Waals surface area contributed by atoms with Gasteiger partial charge in [-0.3, -0.25) is 9.36 Å². The summed E-state index contributed by atoms with van der Waals surface area (Å²) in [5.41, 5.74) is 3.17. The lowest BCUT2D eigenvalue weighted by Gasteiger charge is -2.18. The summed E-state index contributed by atoms with van der Waals surface area (Å²) in [7, 11) is 1.82. The van der Waals surface area contributed by atoms with Gasteiger partial charge < -0.3 is 9.64 Å². The predicted molar refractivity (Wildman–Crippen MR) is 127 cm³/mol. The molecule has 0 saturated carbocycles. The summed E-state index contributed by atoms with van der Waals surface area (Å²) in [5, 5.41) is 9.37. The number of carbonyl (C=O) groups is 1. The van der Waals surface area contributed by atoms with E-state index in [0.29, 0.717) is 24.1 Å². The Morgan fingerprint density at radius 3 is 2.55 bits per heavy atom. The molecule has 2 heterocycles. The summed E-state index contributed by atoms with van der Waals surface area (Å²) < 4.78 is 21.2. The summed E-state index contributed by atoms with van der Waals surface area (Å²) in [5.74, 6) is 0.646. The van der Waals surface area contributed by atoms with Crippen molar-refractivity contribution in [1.29, 1.82) is 0 Å². The highest BCUT2D eigenvalue weighted by Crippen LogP contribution is 2.27. The van der Waals surface area contributed by atoms with E-state index in [1.165, 1.54) is 29.5 Å². The van der Waals surface area contributed by atoms with Gasteiger partial charge in [0.05, 0.1) is 18.4 Å². The van der Waals surface area contributed by atoms with Crippen molar-refractivity contribution in [3.63, 3.8) is 0 Å². The van der Waals surface area contributed by atoms with E-state index in [0.717, 1.165) is 37.0 Å². The Morgan fingerprint density at radius 2 is 1.88 bits per heavy atom. The smallest absolute Gasteiger partial charge is 0.233 e. The zero-order valence-corrected chi connectivity index (χ0v) is 19.9. The number of hydrogen-bond donors (Lipinski definition) is 0. The van der Waals surface area contributed by atoms with E-state index >= 15 is 0 Å². The van der Waals surface area contributed by atoms with Crippen LogP contribution in [-0.2, 0) is 29.0 Å². The van der Waals surface area contributed by atoms with Gasteiger partial charge in [-0.1, -0.05) is 43.0 Å². The van der Waals surface area contributed by atoms with Crippen LogP contribution in [0, 0.1) is 5.82 Å². The standard InChI is InChI=1S/C25H29FN4O2S/c1-3-18-6-8-19(9-7-18)15-29(2)23(31)17-33-25-28-27-24(20-10-12-21(26)13-11-20)30(25)16-22-5-4-14-32-22/h6-13,22H,3-5,14-17H2,1-2H3/t22-/m1/s1. The van der Waals surface area contributed by atoms with Crippen LogP contribution in [0.3, 0.4) is 0 Å². The first-order valence-electron chi connectivity index (χ1n) is 11.3. The Hall–Kier alpha value is -2.71. The van der Waals surface area contributed by atoms with Crippen LogP contribution in [0.5, 0.6) is 0 Å². The number of carbonyl (C=O) groups excluding carboxylic acids is 1. The van der Waals surface area contributed by atoms with E-state index in [1.54, 1.807) is 17.0 Å². The van der Waals surface area contributed by atoms with Crippen LogP contribution in [0.4, 0.5) is 4.39 Å². The van der Waals surface area contributed by atoms with Crippen LogP contribution in [0.2, 0.25) is 0 Å². The minimum Gasteiger partial charge on any atom is -0.376 e. The molecule has 8 heteroatoms. The average Bonchev–Trinajstić information content (AvgIpc) is 3.49. The van der Waals surface area contributed by atoms with E-state index in [2.05, 4.69) is 41.4 Å². The first kappa shape index (κ1) is 23.4. The van der Waals surface area contributed by atoms with Crippen LogP contribution in [0.15, 0.2) is 53.7 Å². The van der Waals surface area contributed by atoms with Crippen molar-refractivity contribution >= 4 is 17.7 Å². The molecule has 1 amide bonds. The zero-order chi connectivity index (χ0) is 23.2. The third-order valence-electron chi connectivity index (χ3n) is 5.83. The molecule has 3 aromatic rings. The van der Waals surface area contributed by atoms with E-state index in [-0.39, 0.29) is 23.6 Å². The molecule has 0 aliphatic carbocycles. The molecule has 0 radical (unpaired) electrons. The Bertz CT molecular complexity index is 1060. The van der Waals surface area contributed by atoms with Crippen LogP contribution in [0.25, 0.3) is 11.4 Å². The minimum atomic E-state index is -0.295. The van der Waals surface area contributed by atoms with Gasteiger partial charge in [-0.05, 0) is 54.7 Å². The second kappa shape index (κ2) is 10.9. The van der Waals surface area contributed by atoms with Crippen molar-refractivity contribution in [1.82, 2.24) is 19.7 Å². The summed E-state index contributed by atoms with van der Waals surface area (Å²) in [6.45, 7) is 4.05. The molecule has 174 valence electrons. The number of amides is 1. The van der Waals surface area contributed by atoms with Gasteiger partial charge in [-0.2, -0.15) is 0 Å². The van der Waals surface area contributed by atoms with Gasteiger partial charge in [0, 0.05) is 25.8 Å². The molecule has 4 rings (SSSR count). The highest BCUT2D eigenvalue weighted by Gasteiger charge is 2.22. The second-order valence-corrected chi connectivity index (χ2v) is 9.21. The third kappa shape index (κ3) is 6.00. The largest absolute Gasteiger partial charge is 0.376 e. The van der Waals surface area contributed by atoms with Crippen molar-refractivity contribution in [3.8, 4) is 11.4 Å². The van der Waals surface area contributed by atoms with Gasteiger partial charge in [0.1, 0.15) is 5.82 Å². The number of benzene rings is 2. The summed E-state index contributed by atoms with van der Waals surface area (Å²) >= 11 is 1.37. The minimum absolute atomic E-state index is 0.0227. The fourth-order valence-electron chi connectivity index (χ4n) is 3.84. The van der Waals surface area contributed by atoms with Crippen molar-refractivity contribution in [2.75, 3.05) is 19.4 Å². The van der Waals surface area contributed by atoms with E-state index in [9.17, 15) is 9.18 Å². The number of thioether (sulfide) groups is 1. The van der Waals surface area contributed by atoms with Gasteiger partial charge in [-0.15, -0.1) is 10.2 Å². The molecule has 6 nitrogen and oxygen atoms in total. The first-order valence-corrected chi connectivity index (χ1v) is 12.3. The predicted octanol–water partition coefficient (Wildman–Crippen LogP) is 4.58. The maximum Gasteiger partial charge on any atom is 0.233 e. The lowest BCUT2D eigenvalue weighted by molar-refractivity contribution is -0.127. The highest BCUT2D eigenvalue weighted by atomic mass is 32.2. The fourth-order valence-corrected chi connectivity index (χ4v) is 4.73. The van der Waals surface area contributed by atoms with Crippen LogP contribution in [-0.4, -0.2) is 51.1 Å². The molecule has 1 aliphatic rings. The van der Waals surface area contributed by atoms with Crippen LogP contribution in [0.1, 0.15) is 30.9 Å². The van der Waals surface area contributed by atoms with Gasteiger partial charge in [0.25, 0.3) is 0 Å². The Balaban J connectivity index is 1.44. The van der Waals surface area contributed by atoms with Crippen LogP contribution >= 0.6 is 11.8 Å². The molecule has 1 aliphatic heterocycles. The van der Waals surface area contributed by atoms with Crippen LogP contribution < -0.4 is 0 Å². The molecule has 0 N–H and O–H groups in total. The highest BCUT2D eigenvalue weighted by molar-refractivity contribution is 7.99. The van der Waals surface area contributed by atoms with Crippen molar-refractivity contribution in [3.05, 3.63) is 65.5 Å². The van der Waals surface area contributed by atoms with E-state index in [4.69, 9.17) is 4.74 Å². The van der Waals surface area contributed by atoms with E-state index in [1.807, 2.05) is 11.6 Å². The second-order valence-electron chi connectivity index (χ2n) is 8.27. The Morgan fingerprint density at radius 1 is 1.15 bits per heavy atom.